The molecule has 9 heteroatoms. The molecule has 0 aromatic carbocycles. The van der Waals surface area contributed by atoms with Crippen LogP contribution in [0, 0.1) is 6.92 Å². The van der Waals surface area contributed by atoms with Gasteiger partial charge in [-0.2, -0.15) is 18.3 Å². The Labute approximate surface area is 115 Å². The summed E-state index contributed by atoms with van der Waals surface area (Å²) in [5.41, 5.74) is -0.717. The summed E-state index contributed by atoms with van der Waals surface area (Å²) in [4.78, 5) is 17.8. The highest BCUT2D eigenvalue weighted by Crippen LogP contribution is 2.23. The molecule has 0 aliphatic heterocycles. The summed E-state index contributed by atoms with van der Waals surface area (Å²) in [7, 11) is 0. The molecule has 0 bridgehead atoms. The fraction of sp³-hybridized carbons (Fsp3) is 0.500. The van der Waals surface area contributed by atoms with Gasteiger partial charge in [0, 0.05) is 0 Å². The molecule has 106 valence electrons. The van der Waals surface area contributed by atoms with Gasteiger partial charge in [0.2, 0.25) is 0 Å². The Balaban J connectivity index is 0.000000861. The SMILES string of the molecule is CC.Cc1nc2c(Br)nn(CC(F)(F)F)c2c(=O)[nH]1. The van der Waals surface area contributed by atoms with Gasteiger partial charge in [0.1, 0.15) is 17.9 Å². The molecule has 5 nitrogen and oxygen atoms in total. The average molecular weight is 341 g/mol. The molecule has 2 heterocycles. The summed E-state index contributed by atoms with van der Waals surface area (Å²) in [5.74, 6) is 0.315. The van der Waals surface area contributed by atoms with Crippen LogP contribution in [0.4, 0.5) is 13.2 Å². The number of aromatic nitrogens is 4. The first-order valence-electron chi connectivity index (χ1n) is 5.47. The van der Waals surface area contributed by atoms with E-state index in [1.165, 1.54) is 6.92 Å². The topological polar surface area (TPSA) is 63.6 Å². The highest BCUT2D eigenvalue weighted by molar-refractivity contribution is 9.10. The Morgan fingerprint density at radius 1 is 1.37 bits per heavy atom. The first-order valence-corrected chi connectivity index (χ1v) is 6.27. The number of fused-ring (bicyclic) bond motifs is 1. The average Bonchev–Trinajstić information content (AvgIpc) is 2.56. The summed E-state index contributed by atoms with van der Waals surface area (Å²) in [6, 6.07) is 0. The van der Waals surface area contributed by atoms with E-state index in [4.69, 9.17) is 0 Å². The van der Waals surface area contributed by atoms with Crippen LogP contribution in [0.25, 0.3) is 11.0 Å². The van der Waals surface area contributed by atoms with Gasteiger partial charge in [-0.05, 0) is 22.9 Å². The van der Waals surface area contributed by atoms with Crippen LogP contribution in [-0.4, -0.2) is 25.9 Å². The molecule has 2 aromatic rings. The molecule has 0 radical (unpaired) electrons. The molecule has 2 rings (SSSR count). The number of nitrogens with zero attached hydrogens (tertiary/aromatic N) is 3. The van der Waals surface area contributed by atoms with Crippen molar-refractivity contribution in [1.82, 2.24) is 19.7 Å². The third-order valence-electron chi connectivity index (χ3n) is 2.00. The maximum atomic E-state index is 12.3. The van der Waals surface area contributed by atoms with Gasteiger partial charge in [0.25, 0.3) is 5.56 Å². The van der Waals surface area contributed by atoms with Crippen LogP contribution in [0.5, 0.6) is 0 Å². The predicted octanol–water partition coefficient (Wildman–Crippen LogP) is 2.78. The summed E-state index contributed by atoms with van der Waals surface area (Å²) < 4.78 is 37.5. The Kier molecular flexibility index (Phi) is 4.72. The van der Waals surface area contributed by atoms with Crippen LogP contribution < -0.4 is 5.56 Å². The lowest BCUT2D eigenvalue weighted by molar-refractivity contribution is -0.141. The number of alkyl halides is 3. The quantitative estimate of drug-likeness (QED) is 0.868. The van der Waals surface area contributed by atoms with E-state index >= 15 is 0 Å². The van der Waals surface area contributed by atoms with Crippen LogP contribution in [0.15, 0.2) is 9.40 Å². The first kappa shape index (κ1) is 15.7. The van der Waals surface area contributed by atoms with Gasteiger partial charge in [-0.1, -0.05) is 13.8 Å². The van der Waals surface area contributed by atoms with Crippen LogP contribution >= 0.6 is 15.9 Å². The van der Waals surface area contributed by atoms with Gasteiger partial charge in [0.15, 0.2) is 10.1 Å². The number of halogens is 4. The molecule has 0 aliphatic rings. The van der Waals surface area contributed by atoms with E-state index in [-0.39, 0.29) is 15.6 Å². The van der Waals surface area contributed by atoms with Crippen molar-refractivity contribution < 1.29 is 13.2 Å². The Hall–Kier alpha value is -1.38. The number of rotatable bonds is 1. The number of aryl methyl sites for hydroxylation is 1. The van der Waals surface area contributed by atoms with E-state index in [0.717, 1.165) is 0 Å². The highest BCUT2D eigenvalue weighted by atomic mass is 79.9. The van der Waals surface area contributed by atoms with Crippen molar-refractivity contribution in [1.29, 1.82) is 0 Å². The van der Waals surface area contributed by atoms with Gasteiger partial charge in [-0.25, -0.2) is 9.67 Å². The molecule has 1 N–H and O–H groups in total. The largest absolute Gasteiger partial charge is 0.408 e. The summed E-state index contributed by atoms with van der Waals surface area (Å²) in [6.07, 6.45) is -4.45. The zero-order chi connectivity index (χ0) is 14.8. The van der Waals surface area contributed by atoms with Gasteiger partial charge in [-0.15, -0.1) is 0 Å². The van der Waals surface area contributed by atoms with Gasteiger partial charge < -0.3 is 4.98 Å². The smallest absolute Gasteiger partial charge is 0.309 e. The van der Waals surface area contributed by atoms with E-state index in [1.54, 1.807) is 0 Å². The molecular formula is C10H12BrF3N4O. The van der Waals surface area contributed by atoms with E-state index in [9.17, 15) is 18.0 Å². The Morgan fingerprint density at radius 2 is 1.95 bits per heavy atom. The highest BCUT2D eigenvalue weighted by Gasteiger charge is 2.30. The minimum atomic E-state index is -4.45. The van der Waals surface area contributed by atoms with E-state index in [1.807, 2.05) is 13.8 Å². The van der Waals surface area contributed by atoms with E-state index in [0.29, 0.717) is 10.5 Å². The molecule has 0 aliphatic carbocycles. The lowest BCUT2D eigenvalue weighted by Crippen LogP contribution is -2.22. The number of nitrogens with one attached hydrogen (secondary N) is 1. The van der Waals surface area contributed by atoms with Crippen molar-refractivity contribution in [3.63, 3.8) is 0 Å². The molecular weight excluding hydrogens is 329 g/mol. The third kappa shape index (κ3) is 3.55. The van der Waals surface area contributed by atoms with Gasteiger partial charge >= 0.3 is 6.18 Å². The predicted molar refractivity (Wildman–Crippen MR) is 68.0 cm³/mol. The second kappa shape index (κ2) is 5.72. The van der Waals surface area contributed by atoms with Gasteiger partial charge in [0.05, 0.1) is 0 Å². The summed E-state index contributed by atoms with van der Waals surface area (Å²) in [6.45, 7) is 4.21. The number of aromatic amines is 1. The van der Waals surface area contributed by atoms with Crippen LogP contribution in [0.3, 0.4) is 0 Å². The van der Waals surface area contributed by atoms with Crippen molar-refractivity contribution in [3.05, 3.63) is 20.8 Å². The van der Waals surface area contributed by atoms with E-state index < -0.39 is 18.3 Å². The number of hydrogen-bond acceptors (Lipinski definition) is 3. The minimum Gasteiger partial charge on any atom is -0.309 e. The lowest BCUT2D eigenvalue weighted by atomic mass is 10.4. The Morgan fingerprint density at radius 3 is 2.47 bits per heavy atom. The number of hydrogen-bond donors (Lipinski definition) is 1. The van der Waals surface area contributed by atoms with Crippen molar-refractivity contribution in [2.24, 2.45) is 0 Å². The van der Waals surface area contributed by atoms with E-state index in [2.05, 4.69) is 31.0 Å². The fourth-order valence-corrected chi connectivity index (χ4v) is 1.92. The molecule has 0 saturated heterocycles. The zero-order valence-electron chi connectivity index (χ0n) is 10.5. The molecule has 0 spiro atoms. The molecule has 0 unspecified atom stereocenters. The van der Waals surface area contributed by atoms with Crippen molar-refractivity contribution in [2.45, 2.75) is 33.5 Å². The number of H-pyrrole nitrogens is 1. The molecule has 0 saturated carbocycles. The van der Waals surface area contributed by atoms with Crippen molar-refractivity contribution >= 4 is 27.0 Å². The van der Waals surface area contributed by atoms with Crippen molar-refractivity contribution in [2.75, 3.05) is 0 Å². The maximum absolute atomic E-state index is 12.3. The standard InChI is InChI=1S/C8H6BrF3N4O.C2H6/c1-3-13-4-5(7(17)14-3)16(15-6(4)9)2-8(10,11)12;1-2/h2H2,1H3,(H,13,14,17);1-2H3. The Bertz CT molecular complexity index is 632. The van der Waals surface area contributed by atoms with Crippen LogP contribution in [-0.2, 0) is 6.54 Å². The fourth-order valence-electron chi connectivity index (χ4n) is 1.45. The van der Waals surface area contributed by atoms with Crippen LogP contribution in [0.2, 0.25) is 0 Å². The monoisotopic (exact) mass is 340 g/mol. The lowest BCUT2D eigenvalue weighted by Gasteiger charge is -2.06. The summed E-state index contributed by atoms with van der Waals surface area (Å²) >= 11 is 2.98. The molecule has 0 atom stereocenters. The van der Waals surface area contributed by atoms with Gasteiger partial charge in [-0.3, -0.25) is 4.79 Å². The molecule has 0 amide bonds. The van der Waals surface area contributed by atoms with Crippen molar-refractivity contribution in [3.8, 4) is 0 Å². The third-order valence-corrected chi connectivity index (χ3v) is 2.54. The molecule has 19 heavy (non-hydrogen) atoms. The first-order chi connectivity index (χ1) is 8.78. The maximum Gasteiger partial charge on any atom is 0.408 e. The molecule has 0 fully saturated rings. The molecule has 2 aromatic heterocycles. The van der Waals surface area contributed by atoms with Crippen LogP contribution in [0.1, 0.15) is 19.7 Å². The second-order valence-electron chi connectivity index (χ2n) is 3.41. The minimum absolute atomic E-state index is 0.117. The second-order valence-corrected chi connectivity index (χ2v) is 4.16. The normalized spacial score (nSPS) is 11.3. The zero-order valence-corrected chi connectivity index (χ0v) is 12.1. The summed E-state index contributed by atoms with van der Waals surface area (Å²) in [5, 5.41) is 3.61.